The predicted octanol–water partition coefficient (Wildman–Crippen LogP) is 1.09. The van der Waals surface area contributed by atoms with Gasteiger partial charge in [0, 0.05) is 23.7 Å². The lowest BCUT2D eigenvalue weighted by molar-refractivity contribution is -0.115. The summed E-state index contributed by atoms with van der Waals surface area (Å²) in [6.45, 7) is 4.29. The lowest BCUT2D eigenvalue weighted by Crippen LogP contribution is -2.23. The van der Waals surface area contributed by atoms with Gasteiger partial charge in [0.15, 0.2) is 0 Å². The van der Waals surface area contributed by atoms with Crippen LogP contribution in [0.15, 0.2) is 6.33 Å². The minimum Gasteiger partial charge on any atom is -0.348 e. The quantitative estimate of drug-likeness (QED) is 0.595. The minimum absolute atomic E-state index is 0.209. The fourth-order valence-electron chi connectivity index (χ4n) is 1.10. The van der Waals surface area contributed by atoms with Crippen LogP contribution in [-0.4, -0.2) is 28.2 Å². The number of hydrogen-bond donors (Lipinski definition) is 2. The first-order valence-corrected chi connectivity index (χ1v) is 6.16. The highest BCUT2D eigenvalue weighted by atomic mass is 32.2. The summed E-state index contributed by atoms with van der Waals surface area (Å²) in [7, 11) is 0. The number of imidazole rings is 1. The van der Waals surface area contributed by atoms with E-state index in [1.165, 1.54) is 0 Å². The first-order chi connectivity index (χ1) is 7.74. The molecule has 0 aliphatic carbocycles. The highest BCUT2D eigenvalue weighted by Gasteiger charge is 2.00. The molecule has 2 N–H and O–H groups in total. The molecule has 0 saturated carbocycles. The zero-order chi connectivity index (χ0) is 11.8. The van der Waals surface area contributed by atoms with E-state index < -0.39 is 0 Å². The van der Waals surface area contributed by atoms with Crippen molar-refractivity contribution in [2.75, 3.05) is 12.3 Å². The standard InChI is InChI=1S/C11H15N3OS/c1-3-4-11(15)12-5-6-16-7-10-9(2)13-8-14-10/h8H,5-7H2,1-2H3,(H,12,15)(H,13,14). The molecular formula is C11H15N3OS. The highest BCUT2D eigenvalue weighted by Crippen LogP contribution is 2.11. The van der Waals surface area contributed by atoms with Gasteiger partial charge in [-0.25, -0.2) is 4.98 Å². The number of carbonyl (C=O) groups excluding carboxylic acids is 1. The molecule has 1 heterocycles. The van der Waals surface area contributed by atoms with Crippen LogP contribution < -0.4 is 5.32 Å². The Hall–Kier alpha value is -1.41. The molecule has 0 spiro atoms. The van der Waals surface area contributed by atoms with Crippen molar-refractivity contribution in [2.24, 2.45) is 0 Å². The van der Waals surface area contributed by atoms with Gasteiger partial charge in [-0.1, -0.05) is 5.92 Å². The van der Waals surface area contributed by atoms with Gasteiger partial charge in [-0.05, 0) is 19.8 Å². The second-order valence-electron chi connectivity index (χ2n) is 3.16. The van der Waals surface area contributed by atoms with Crippen molar-refractivity contribution in [3.05, 3.63) is 17.7 Å². The maximum Gasteiger partial charge on any atom is 0.295 e. The summed E-state index contributed by atoms with van der Waals surface area (Å²) in [4.78, 5) is 18.2. The van der Waals surface area contributed by atoms with Crippen LogP contribution in [0.25, 0.3) is 0 Å². The molecule has 5 heteroatoms. The number of nitrogens with one attached hydrogen (secondary N) is 2. The van der Waals surface area contributed by atoms with Gasteiger partial charge < -0.3 is 10.3 Å². The number of aromatic amines is 1. The molecule has 0 saturated heterocycles. The van der Waals surface area contributed by atoms with E-state index in [0.29, 0.717) is 6.54 Å². The van der Waals surface area contributed by atoms with Gasteiger partial charge in [0.2, 0.25) is 0 Å². The number of nitrogens with zero attached hydrogens (tertiary/aromatic N) is 1. The normalized spacial score (nSPS) is 9.38. The Morgan fingerprint density at radius 2 is 2.50 bits per heavy atom. The van der Waals surface area contributed by atoms with Crippen molar-refractivity contribution in [3.63, 3.8) is 0 Å². The third-order valence-corrected chi connectivity index (χ3v) is 2.91. The molecule has 16 heavy (non-hydrogen) atoms. The van der Waals surface area contributed by atoms with Gasteiger partial charge in [-0.15, -0.1) is 0 Å². The average Bonchev–Trinajstić information content (AvgIpc) is 2.64. The van der Waals surface area contributed by atoms with E-state index in [1.807, 2.05) is 6.92 Å². The van der Waals surface area contributed by atoms with Crippen LogP contribution in [0.3, 0.4) is 0 Å². The third-order valence-electron chi connectivity index (χ3n) is 1.94. The summed E-state index contributed by atoms with van der Waals surface area (Å²) < 4.78 is 0. The number of hydrogen-bond acceptors (Lipinski definition) is 3. The predicted molar refractivity (Wildman–Crippen MR) is 65.9 cm³/mol. The molecular weight excluding hydrogens is 222 g/mol. The first kappa shape index (κ1) is 12.7. The Kier molecular flexibility index (Phi) is 5.51. The number of thioether (sulfide) groups is 1. The molecule has 0 bridgehead atoms. The molecule has 0 aromatic carbocycles. The van der Waals surface area contributed by atoms with Crippen molar-refractivity contribution in [1.29, 1.82) is 0 Å². The number of rotatable bonds is 5. The number of amides is 1. The summed E-state index contributed by atoms with van der Waals surface area (Å²) in [6.07, 6.45) is 1.70. The summed E-state index contributed by atoms with van der Waals surface area (Å²) in [6, 6.07) is 0. The number of aromatic nitrogens is 2. The summed E-state index contributed by atoms with van der Waals surface area (Å²) in [5.74, 6) is 6.51. The molecule has 4 nitrogen and oxygen atoms in total. The SMILES string of the molecule is CC#CC(=O)NCCSCc1nc[nH]c1C. The number of carbonyl (C=O) groups is 1. The third kappa shape index (κ3) is 4.41. The van der Waals surface area contributed by atoms with Gasteiger partial charge in [-0.3, -0.25) is 4.79 Å². The van der Waals surface area contributed by atoms with Crippen LogP contribution in [0.1, 0.15) is 18.3 Å². The molecule has 0 aliphatic heterocycles. The molecule has 1 aromatic heterocycles. The molecule has 0 atom stereocenters. The maximum atomic E-state index is 11.0. The molecule has 0 aliphatic rings. The van der Waals surface area contributed by atoms with Gasteiger partial charge in [0.05, 0.1) is 12.0 Å². The lowest BCUT2D eigenvalue weighted by Gasteiger charge is -2.01. The van der Waals surface area contributed by atoms with Crippen LogP contribution in [0, 0.1) is 18.8 Å². The zero-order valence-electron chi connectivity index (χ0n) is 9.46. The van der Waals surface area contributed by atoms with E-state index >= 15 is 0 Å². The van der Waals surface area contributed by atoms with Gasteiger partial charge >= 0.3 is 0 Å². The Bertz CT molecular complexity index is 403. The van der Waals surface area contributed by atoms with E-state index in [4.69, 9.17) is 0 Å². The molecule has 1 amide bonds. The molecule has 1 aromatic rings. The van der Waals surface area contributed by atoms with Gasteiger partial charge in [0.1, 0.15) is 0 Å². The van der Waals surface area contributed by atoms with Crippen LogP contribution in [0.4, 0.5) is 0 Å². The topological polar surface area (TPSA) is 57.8 Å². The van der Waals surface area contributed by atoms with Crippen LogP contribution in [0.2, 0.25) is 0 Å². The molecule has 0 radical (unpaired) electrons. The second-order valence-corrected chi connectivity index (χ2v) is 4.26. The van der Waals surface area contributed by atoms with Crippen molar-refractivity contribution >= 4 is 17.7 Å². The van der Waals surface area contributed by atoms with E-state index in [2.05, 4.69) is 27.1 Å². The van der Waals surface area contributed by atoms with Crippen molar-refractivity contribution in [3.8, 4) is 11.8 Å². The van der Waals surface area contributed by atoms with E-state index in [9.17, 15) is 4.79 Å². The minimum atomic E-state index is -0.209. The van der Waals surface area contributed by atoms with Gasteiger partial charge in [0.25, 0.3) is 5.91 Å². The van der Waals surface area contributed by atoms with Crippen LogP contribution >= 0.6 is 11.8 Å². The first-order valence-electron chi connectivity index (χ1n) is 5.01. The number of H-pyrrole nitrogens is 1. The summed E-state index contributed by atoms with van der Waals surface area (Å²) >= 11 is 1.74. The molecule has 0 unspecified atom stereocenters. The smallest absolute Gasteiger partial charge is 0.295 e. The monoisotopic (exact) mass is 237 g/mol. The average molecular weight is 237 g/mol. The highest BCUT2D eigenvalue weighted by molar-refractivity contribution is 7.98. The fraction of sp³-hybridized carbons (Fsp3) is 0.455. The fourth-order valence-corrected chi connectivity index (χ4v) is 1.97. The molecule has 86 valence electrons. The lowest BCUT2D eigenvalue weighted by atomic mass is 10.4. The Balaban J connectivity index is 2.10. The van der Waals surface area contributed by atoms with Crippen LogP contribution in [-0.2, 0) is 10.5 Å². The van der Waals surface area contributed by atoms with Crippen molar-refractivity contribution < 1.29 is 4.79 Å². The Morgan fingerprint density at radius 1 is 1.69 bits per heavy atom. The second kappa shape index (κ2) is 6.96. The van der Waals surface area contributed by atoms with E-state index in [0.717, 1.165) is 22.9 Å². The van der Waals surface area contributed by atoms with E-state index in [-0.39, 0.29) is 5.91 Å². The molecule has 0 fully saturated rings. The largest absolute Gasteiger partial charge is 0.348 e. The Morgan fingerprint density at radius 3 is 3.12 bits per heavy atom. The van der Waals surface area contributed by atoms with Crippen molar-refractivity contribution in [1.82, 2.24) is 15.3 Å². The Labute approximate surface area is 99.6 Å². The van der Waals surface area contributed by atoms with Gasteiger partial charge in [-0.2, -0.15) is 11.8 Å². The number of aryl methyl sites for hydroxylation is 1. The maximum absolute atomic E-state index is 11.0. The molecule has 1 rings (SSSR count). The summed E-state index contributed by atoms with van der Waals surface area (Å²) in [5.41, 5.74) is 2.18. The van der Waals surface area contributed by atoms with Crippen molar-refractivity contribution in [2.45, 2.75) is 19.6 Å². The van der Waals surface area contributed by atoms with Crippen LogP contribution in [0.5, 0.6) is 0 Å². The summed E-state index contributed by atoms with van der Waals surface area (Å²) in [5, 5.41) is 2.72. The van der Waals surface area contributed by atoms with E-state index in [1.54, 1.807) is 25.0 Å². The zero-order valence-corrected chi connectivity index (χ0v) is 10.3.